The highest BCUT2D eigenvalue weighted by atomic mass is 16.5. The minimum atomic E-state index is -0.846. The number of aromatic nitrogens is 1. The lowest BCUT2D eigenvalue weighted by Crippen LogP contribution is -2.32. The van der Waals surface area contributed by atoms with Gasteiger partial charge in [0.2, 0.25) is 0 Å². The van der Waals surface area contributed by atoms with Crippen molar-refractivity contribution in [3.63, 3.8) is 0 Å². The van der Waals surface area contributed by atoms with Crippen molar-refractivity contribution in [1.82, 2.24) is 9.99 Å². The number of carbonyl (C=O) groups is 2. The van der Waals surface area contributed by atoms with Crippen molar-refractivity contribution in [1.29, 1.82) is 0 Å². The van der Waals surface area contributed by atoms with Crippen LogP contribution in [0.1, 0.15) is 12.5 Å². The Balaban J connectivity index is 1.46. The van der Waals surface area contributed by atoms with Crippen molar-refractivity contribution in [3.05, 3.63) is 72.3 Å². The molecule has 0 saturated carbocycles. The van der Waals surface area contributed by atoms with Crippen LogP contribution in [-0.2, 0) is 16.1 Å². The Morgan fingerprint density at radius 2 is 1.71 bits per heavy atom. The number of carbonyl (C=O) groups excluding carboxylic acids is 2. The van der Waals surface area contributed by atoms with Crippen LogP contribution in [-0.4, -0.2) is 29.7 Å². The molecule has 0 radical (unpaired) electrons. The lowest BCUT2D eigenvalue weighted by molar-refractivity contribution is -0.136. The molecule has 1 heterocycles. The van der Waals surface area contributed by atoms with Crippen LogP contribution in [0.15, 0.2) is 71.8 Å². The summed E-state index contributed by atoms with van der Waals surface area (Å²) in [5.41, 5.74) is 5.77. The molecule has 7 nitrogen and oxygen atoms in total. The topological polar surface area (TPSA) is 84.7 Å². The lowest BCUT2D eigenvalue weighted by Gasteiger charge is -2.06. The van der Waals surface area contributed by atoms with Crippen LogP contribution < -0.4 is 15.5 Å². The molecule has 0 aliphatic carbocycles. The van der Waals surface area contributed by atoms with Crippen LogP contribution in [0.3, 0.4) is 0 Å². The van der Waals surface area contributed by atoms with Crippen LogP contribution in [0.25, 0.3) is 21.8 Å². The number of aryl methyl sites for hydroxylation is 1. The van der Waals surface area contributed by atoms with E-state index in [1.54, 1.807) is 37.4 Å². The van der Waals surface area contributed by atoms with Gasteiger partial charge in [-0.1, -0.05) is 18.2 Å². The average molecular weight is 414 g/mol. The monoisotopic (exact) mass is 414 g/mol. The fraction of sp³-hybridized carbons (Fsp3) is 0.125. The van der Waals surface area contributed by atoms with E-state index in [-0.39, 0.29) is 0 Å². The van der Waals surface area contributed by atoms with Crippen LogP contribution in [0.2, 0.25) is 0 Å². The third-order valence-electron chi connectivity index (χ3n) is 5.05. The quantitative estimate of drug-likeness (QED) is 0.295. The molecule has 0 saturated heterocycles. The van der Waals surface area contributed by atoms with Gasteiger partial charge in [0.05, 0.1) is 13.3 Å². The Labute approximate surface area is 179 Å². The molecule has 0 atom stereocenters. The van der Waals surface area contributed by atoms with Gasteiger partial charge in [-0.05, 0) is 61.0 Å². The molecule has 2 amide bonds. The number of rotatable bonds is 5. The average Bonchev–Trinajstić information content (AvgIpc) is 3.12. The first-order chi connectivity index (χ1) is 15.1. The minimum Gasteiger partial charge on any atom is -0.497 e. The number of hydrogen-bond acceptors (Lipinski definition) is 4. The number of methoxy groups -OCH3 is 1. The third-order valence-corrected chi connectivity index (χ3v) is 5.05. The molecule has 3 aromatic carbocycles. The maximum absolute atomic E-state index is 12.3. The van der Waals surface area contributed by atoms with Gasteiger partial charge in [-0.3, -0.25) is 9.59 Å². The first-order valence-electron chi connectivity index (χ1n) is 9.90. The summed E-state index contributed by atoms with van der Waals surface area (Å²) >= 11 is 0. The van der Waals surface area contributed by atoms with Gasteiger partial charge in [0, 0.05) is 34.0 Å². The minimum absolute atomic E-state index is 0.547. The van der Waals surface area contributed by atoms with Gasteiger partial charge in [0.25, 0.3) is 0 Å². The predicted molar refractivity (Wildman–Crippen MR) is 122 cm³/mol. The molecule has 0 aliphatic rings. The Morgan fingerprint density at radius 1 is 0.968 bits per heavy atom. The first kappa shape index (κ1) is 20.2. The molecular formula is C24H22N4O3. The normalized spacial score (nSPS) is 11.2. The fourth-order valence-electron chi connectivity index (χ4n) is 3.57. The number of amides is 2. The molecule has 0 unspecified atom stereocenters. The van der Waals surface area contributed by atoms with Crippen LogP contribution in [0, 0.1) is 0 Å². The predicted octanol–water partition coefficient (Wildman–Crippen LogP) is 3.91. The molecule has 0 aliphatic heterocycles. The van der Waals surface area contributed by atoms with E-state index in [4.69, 9.17) is 4.74 Å². The SMILES string of the molecule is CCn1c2ccccc2c2cc(NC(=O)C(=O)N/N=C/c3ccc(OC)cc3)ccc21. The van der Waals surface area contributed by atoms with E-state index >= 15 is 0 Å². The summed E-state index contributed by atoms with van der Waals surface area (Å²) in [6.45, 7) is 2.93. The summed E-state index contributed by atoms with van der Waals surface area (Å²) in [5, 5.41) is 8.60. The van der Waals surface area contributed by atoms with Gasteiger partial charge in [-0.2, -0.15) is 5.10 Å². The van der Waals surface area contributed by atoms with E-state index in [2.05, 4.69) is 39.5 Å². The Morgan fingerprint density at radius 3 is 2.45 bits per heavy atom. The molecule has 4 aromatic rings. The van der Waals surface area contributed by atoms with Crippen molar-refractivity contribution in [2.45, 2.75) is 13.5 Å². The molecule has 0 bridgehead atoms. The maximum Gasteiger partial charge on any atom is 0.329 e. The first-order valence-corrected chi connectivity index (χ1v) is 9.90. The van der Waals surface area contributed by atoms with E-state index in [0.717, 1.165) is 39.7 Å². The van der Waals surface area contributed by atoms with Crippen molar-refractivity contribution in [2.75, 3.05) is 12.4 Å². The van der Waals surface area contributed by atoms with Crippen molar-refractivity contribution in [3.8, 4) is 5.75 Å². The van der Waals surface area contributed by atoms with Gasteiger partial charge in [-0.25, -0.2) is 5.43 Å². The molecule has 7 heteroatoms. The summed E-state index contributed by atoms with van der Waals surface area (Å²) in [7, 11) is 1.58. The number of benzene rings is 3. The van der Waals surface area contributed by atoms with E-state index in [9.17, 15) is 9.59 Å². The van der Waals surface area contributed by atoms with Crippen molar-refractivity contribution in [2.24, 2.45) is 5.10 Å². The number of hydrogen-bond donors (Lipinski definition) is 2. The molecule has 4 rings (SSSR count). The van der Waals surface area contributed by atoms with E-state index in [1.165, 1.54) is 6.21 Å². The Kier molecular flexibility index (Phi) is 5.66. The van der Waals surface area contributed by atoms with E-state index in [0.29, 0.717) is 5.69 Å². The molecule has 31 heavy (non-hydrogen) atoms. The molecule has 0 spiro atoms. The molecule has 1 aromatic heterocycles. The standard InChI is InChI=1S/C24H22N4O3/c1-3-28-21-7-5-4-6-19(21)20-14-17(10-13-22(20)28)26-23(29)24(30)27-25-15-16-8-11-18(31-2)12-9-16/h4-15H,3H2,1-2H3,(H,26,29)(H,27,30)/b25-15+. The number of nitrogens with zero attached hydrogens (tertiary/aromatic N) is 2. The number of ether oxygens (including phenoxy) is 1. The van der Waals surface area contributed by atoms with Crippen LogP contribution in [0.5, 0.6) is 5.75 Å². The zero-order valence-electron chi connectivity index (χ0n) is 17.3. The van der Waals surface area contributed by atoms with E-state index in [1.807, 2.05) is 24.3 Å². The summed E-state index contributed by atoms with van der Waals surface area (Å²) in [6, 6.07) is 20.9. The maximum atomic E-state index is 12.3. The second-order valence-electron chi connectivity index (χ2n) is 6.92. The van der Waals surface area contributed by atoms with Gasteiger partial charge >= 0.3 is 11.8 Å². The van der Waals surface area contributed by atoms with E-state index < -0.39 is 11.8 Å². The zero-order chi connectivity index (χ0) is 21.8. The summed E-state index contributed by atoms with van der Waals surface area (Å²) in [5.74, 6) is -0.911. The zero-order valence-corrected chi connectivity index (χ0v) is 17.3. The summed E-state index contributed by atoms with van der Waals surface area (Å²) in [4.78, 5) is 24.4. The fourth-order valence-corrected chi connectivity index (χ4v) is 3.57. The summed E-state index contributed by atoms with van der Waals surface area (Å²) < 4.78 is 7.31. The van der Waals surface area contributed by atoms with Gasteiger partial charge in [-0.15, -0.1) is 0 Å². The number of nitrogens with one attached hydrogen (secondary N) is 2. The van der Waals surface area contributed by atoms with Crippen LogP contribution >= 0.6 is 0 Å². The van der Waals surface area contributed by atoms with Crippen molar-refractivity contribution >= 4 is 45.5 Å². The molecular weight excluding hydrogens is 392 g/mol. The number of hydrazone groups is 1. The Bertz CT molecular complexity index is 1290. The largest absolute Gasteiger partial charge is 0.497 e. The van der Waals surface area contributed by atoms with Gasteiger partial charge < -0.3 is 14.6 Å². The summed E-state index contributed by atoms with van der Waals surface area (Å²) in [6.07, 6.45) is 1.45. The highest BCUT2D eigenvalue weighted by Crippen LogP contribution is 2.30. The lowest BCUT2D eigenvalue weighted by atomic mass is 10.1. The second kappa shape index (κ2) is 8.71. The number of para-hydroxylation sites is 1. The highest BCUT2D eigenvalue weighted by molar-refractivity contribution is 6.39. The smallest absolute Gasteiger partial charge is 0.329 e. The second-order valence-corrected chi connectivity index (χ2v) is 6.92. The molecule has 0 fully saturated rings. The van der Waals surface area contributed by atoms with Gasteiger partial charge in [0.15, 0.2) is 0 Å². The Hall–Kier alpha value is -4.13. The number of anilines is 1. The molecule has 2 N–H and O–H groups in total. The third kappa shape index (κ3) is 4.11. The number of fused-ring (bicyclic) bond motifs is 3. The molecule has 156 valence electrons. The van der Waals surface area contributed by atoms with Crippen LogP contribution in [0.4, 0.5) is 5.69 Å². The van der Waals surface area contributed by atoms with Crippen molar-refractivity contribution < 1.29 is 14.3 Å². The highest BCUT2D eigenvalue weighted by Gasteiger charge is 2.15. The van der Waals surface area contributed by atoms with Gasteiger partial charge in [0.1, 0.15) is 5.75 Å².